The Kier molecular flexibility index (Phi) is 6.29. The lowest BCUT2D eigenvalue weighted by Gasteiger charge is -2.13. The Morgan fingerprint density at radius 3 is 2.05 bits per heavy atom. The minimum atomic E-state index is -0.204. The van der Waals surface area contributed by atoms with Crippen molar-refractivity contribution >= 4 is 27.2 Å². The van der Waals surface area contributed by atoms with Crippen molar-refractivity contribution in [2.75, 3.05) is 5.32 Å². The average Bonchev–Trinajstić information content (AvgIpc) is 3.49. The third-order valence-electron chi connectivity index (χ3n) is 7.57. The number of hydrogen-bond acceptors (Lipinski definition) is 4. The van der Waals surface area contributed by atoms with Gasteiger partial charge in [0, 0.05) is 22.1 Å². The zero-order valence-electron chi connectivity index (χ0n) is 23.0. The van der Waals surface area contributed by atoms with Crippen LogP contribution in [0, 0.1) is 0 Å². The van der Waals surface area contributed by atoms with E-state index in [1.54, 1.807) is 0 Å². The highest BCUT2D eigenvalue weighted by Crippen LogP contribution is 2.44. The number of benzene rings is 5. The van der Waals surface area contributed by atoms with Crippen molar-refractivity contribution in [2.24, 2.45) is 0 Å². The maximum Gasteiger partial charge on any atom is 0.192 e. The second kappa shape index (κ2) is 10.4. The molecule has 0 amide bonds. The average molecular weight is 532 g/mol. The van der Waals surface area contributed by atoms with Gasteiger partial charge in [-0.3, -0.25) is 0 Å². The van der Waals surface area contributed by atoms with Crippen LogP contribution < -0.4 is 10.1 Å². The molecule has 1 aromatic heterocycles. The summed E-state index contributed by atoms with van der Waals surface area (Å²) in [5.74, 6) is 1.58. The SMILES string of the molecule is C/C=C\C=C(/C)C1Nc2ccc3ccc4ccc(-c5nc(-c6ccccc6)cc(-c6ccccc6)n5)cc4c3c2O1. The fourth-order valence-corrected chi connectivity index (χ4v) is 5.41. The molecule has 4 heteroatoms. The molecule has 1 unspecified atom stereocenters. The number of aromatic nitrogens is 2. The molecule has 0 spiro atoms. The van der Waals surface area contributed by atoms with Crippen LogP contribution in [-0.2, 0) is 0 Å². The van der Waals surface area contributed by atoms with Gasteiger partial charge in [0.15, 0.2) is 17.8 Å². The Morgan fingerprint density at radius 2 is 1.37 bits per heavy atom. The summed E-state index contributed by atoms with van der Waals surface area (Å²) >= 11 is 0. The first-order valence-electron chi connectivity index (χ1n) is 13.9. The van der Waals surface area contributed by atoms with Gasteiger partial charge in [-0.25, -0.2) is 9.97 Å². The highest BCUT2D eigenvalue weighted by atomic mass is 16.5. The zero-order chi connectivity index (χ0) is 27.8. The van der Waals surface area contributed by atoms with E-state index in [2.05, 4.69) is 91.1 Å². The molecule has 1 aliphatic heterocycles. The number of anilines is 1. The molecule has 0 bridgehead atoms. The summed E-state index contributed by atoms with van der Waals surface area (Å²) in [5.41, 5.74) is 6.99. The number of nitrogens with zero attached hydrogens (tertiary/aromatic N) is 2. The van der Waals surface area contributed by atoms with Crippen LogP contribution in [0.4, 0.5) is 5.69 Å². The Morgan fingerprint density at radius 1 is 0.732 bits per heavy atom. The Labute approximate surface area is 239 Å². The van der Waals surface area contributed by atoms with Gasteiger partial charge in [-0.2, -0.15) is 0 Å². The maximum atomic E-state index is 6.54. The van der Waals surface area contributed by atoms with Gasteiger partial charge in [0.1, 0.15) is 0 Å². The third kappa shape index (κ3) is 4.64. The summed E-state index contributed by atoms with van der Waals surface area (Å²) < 4.78 is 6.54. The van der Waals surface area contributed by atoms with E-state index < -0.39 is 0 Å². The number of hydrogen-bond donors (Lipinski definition) is 1. The smallest absolute Gasteiger partial charge is 0.192 e. The van der Waals surface area contributed by atoms with E-state index in [-0.39, 0.29) is 6.23 Å². The van der Waals surface area contributed by atoms with Gasteiger partial charge in [-0.15, -0.1) is 0 Å². The van der Waals surface area contributed by atoms with Crippen LogP contribution in [0.25, 0.3) is 55.4 Å². The molecule has 2 heterocycles. The van der Waals surface area contributed by atoms with Crippen molar-refractivity contribution in [3.63, 3.8) is 0 Å². The van der Waals surface area contributed by atoms with E-state index >= 15 is 0 Å². The molecule has 6 aromatic rings. The summed E-state index contributed by atoms with van der Waals surface area (Å²) in [5, 5.41) is 8.04. The number of allylic oxidation sites excluding steroid dienone is 3. The fourth-order valence-electron chi connectivity index (χ4n) is 5.41. The molecule has 7 rings (SSSR count). The fraction of sp³-hybridized carbons (Fsp3) is 0.0811. The monoisotopic (exact) mass is 531 g/mol. The summed E-state index contributed by atoms with van der Waals surface area (Å²) in [6.45, 7) is 4.10. The van der Waals surface area contributed by atoms with E-state index in [0.29, 0.717) is 5.82 Å². The van der Waals surface area contributed by atoms with Crippen molar-refractivity contribution < 1.29 is 4.74 Å². The van der Waals surface area contributed by atoms with Gasteiger partial charge in [0.25, 0.3) is 0 Å². The number of rotatable bonds is 5. The van der Waals surface area contributed by atoms with Crippen LogP contribution >= 0.6 is 0 Å². The van der Waals surface area contributed by atoms with Crippen LogP contribution in [-0.4, -0.2) is 16.2 Å². The summed E-state index contributed by atoms with van der Waals surface area (Å²) in [4.78, 5) is 10.1. The lowest BCUT2D eigenvalue weighted by molar-refractivity contribution is 0.293. The van der Waals surface area contributed by atoms with Crippen molar-refractivity contribution in [1.82, 2.24) is 9.97 Å². The van der Waals surface area contributed by atoms with Gasteiger partial charge >= 0.3 is 0 Å². The van der Waals surface area contributed by atoms with Crippen molar-refractivity contribution in [1.29, 1.82) is 0 Å². The Balaban J connectivity index is 1.40. The van der Waals surface area contributed by atoms with Crippen molar-refractivity contribution in [2.45, 2.75) is 20.1 Å². The highest BCUT2D eigenvalue weighted by molar-refractivity contribution is 6.13. The van der Waals surface area contributed by atoms with Gasteiger partial charge in [-0.1, -0.05) is 109 Å². The molecular weight excluding hydrogens is 502 g/mol. The molecular formula is C37H29N3O. The number of nitrogens with one attached hydrogen (secondary N) is 1. The quantitative estimate of drug-likeness (QED) is 0.178. The lowest BCUT2D eigenvalue weighted by Crippen LogP contribution is -2.21. The first-order chi connectivity index (χ1) is 20.2. The molecule has 1 atom stereocenters. The number of fused-ring (bicyclic) bond motifs is 5. The summed E-state index contributed by atoms with van der Waals surface area (Å²) in [7, 11) is 0. The maximum absolute atomic E-state index is 6.54. The summed E-state index contributed by atoms with van der Waals surface area (Å²) in [6.07, 6.45) is 5.94. The van der Waals surface area contributed by atoms with E-state index in [9.17, 15) is 0 Å². The molecule has 0 aliphatic carbocycles. The number of ether oxygens (including phenoxy) is 1. The van der Waals surface area contributed by atoms with Crippen LogP contribution in [0.1, 0.15) is 13.8 Å². The molecule has 0 saturated heterocycles. The molecule has 198 valence electrons. The van der Waals surface area contributed by atoms with Crippen LogP contribution in [0.2, 0.25) is 0 Å². The topological polar surface area (TPSA) is 47.0 Å². The minimum absolute atomic E-state index is 0.204. The van der Waals surface area contributed by atoms with Crippen LogP contribution in [0.3, 0.4) is 0 Å². The second-order valence-electron chi connectivity index (χ2n) is 10.3. The van der Waals surface area contributed by atoms with Gasteiger partial charge in [0.2, 0.25) is 0 Å². The lowest BCUT2D eigenvalue weighted by atomic mass is 9.98. The van der Waals surface area contributed by atoms with Gasteiger partial charge < -0.3 is 10.1 Å². The normalized spacial score (nSPS) is 14.8. The third-order valence-corrected chi connectivity index (χ3v) is 7.57. The molecule has 5 aromatic carbocycles. The second-order valence-corrected chi connectivity index (χ2v) is 10.3. The minimum Gasteiger partial charge on any atom is -0.464 e. The van der Waals surface area contributed by atoms with Gasteiger partial charge in [-0.05, 0) is 53.8 Å². The van der Waals surface area contributed by atoms with Crippen LogP contribution in [0.5, 0.6) is 5.75 Å². The highest BCUT2D eigenvalue weighted by Gasteiger charge is 2.26. The molecule has 41 heavy (non-hydrogen) atoms. The van der Waals surface area contributed by atoms with Crippen molar-refractivity contribution in [3.8, 4) is 39.7 Å². The van der Waals surface area contributed by atoms with E-state index in [0.717, 1.165) is 66.6 Å². The molecule has 1 aliphatic rings. The van der Waals surface area contributed by atoms with Crippen LogP contribution in [0.15, 0.2) is 133 Å². The largest absolute Gasteiger partial charge is 0.464 e. The van der Waals surface area contributed by atoms with Gasteiger partial charge in [0.05, 0.1) is 17.1 Å². The Bertz CT molecular complexity index is 1900. The standard InChI is InChI=1S/C37H29N3O/c1-3-4-11-24(2)37-40-31-21-20-28-18-16-25-17-19-29(22-30(25)34(28)35(31)41-37)36-38-32(26-12-7-5-8-13-26)23-33(39-36)27-14-9-6-10-15-27/h3-23,37,40H,1-2H3/b4-3-,24-11+. The Hall–Kier alpha value is -5.22. The first-order valence-corrected chi connectivity index (χ1v) is 13.9. The summed E-state index contributed by atoms with van der Waals surface area (Å²) in [6, 6.07) is 37.7. The molecule has 0 saturated carbocycles. The molecule has 1 N–H and O–H groups in total. The van der Waals surface area contributed by atoms with E-state index in [1.807, 2.05) is 55.5 Å². The predicted molar refractivity (Wildman–Crippen MR) is 170 cm³/mol. The van der Waals surface area contributed by atoms with E-state index in [4.69, 9.17) is 14.7 Å². The molecule has 4 nitrogen and oxygen atoms in total. The zero-order valence-corrected chi connectivity index (χ0v) is 23.0. The predicted octanol–water partition coefficient (Wildman–Crippen LogP) is 9.44. The van der Waals surface area contributed by atoms with E-state index in [1.165, 1.54) is 0 Å². The molecule has 0 radical (unpaired) electrons. The molecule has 0 fully saturated rings. The van der Waals surface area contributed by atoms with Crippen molar-refractivity contribution in [3.05, 3.63) is 133 Å². The first kappa shape index (κ1) is 24.8.